The molecule has 0 atom stereocenters. The number of nitrogens with zero attached hydrogens (tertiary/aromatic N) is 4. The Morgan fingerprint density at radius 1 is 1.40 bits per heavy atom. The number of thioether (sulfide) groups is 1. The highest BCUT2D eigenvalue weighted by Crippen LogP contribution is 2.27. The molecule has 0 saturated carbocycles. The predicted octanol–water partition coefficient (Wildman–Crippen LogP) is 3.83. The van der Waals surface area contributed by atoms with Crippen LogP contribution in [0.4, 0.5) is 0 Å². The molecule has 0 bridgehead atoms. The second-order valence-electron chi connectivity index (χ2n) is 5.20. The molecule has 0 radical (unpaired) electrons. The lowest BCUT2D eigenvalue weighted by molar-refractivity contribution is -0.104. The summed E-state index contributed by atoms with van der Waals surface area (Å²) in [7, 11) is 1.75. The minimum Gasteiger partial charge on any atom is -0.298 e. The molecule has 0 aliphatic heterocycles. The normalized spacial score (nSPS) is 12.0. The Bertz CT molecular complexity index is 820. The maximum Gasteiger partial charge on any atom is 0.209 e. The number of aryl methyl sites for hydroxylation is 1. The van der Waals surface area contributed by atoms with E-state index in [0.717, 1.165) is 12.0 Å². The Labute approximate surface area is 159 Å². The number of allylic oxidation sites excluding steroid dienone is 2. The first kappa shape index (κ1) is 19.6. The SMILES string of the molecule is CCCC(Cl)=C(C=O)C(=O)c1ccc(CSc2nnnn2C)cc1Cl. The molecule has 1 heterocycles. The van der Waals surface area contributed by atoms with Crippen molar-refractivity contribution >= 4 is 47.0 Å². The number of hydrogen-bond donors (Lipinski definition) is 0. The van der Waals surface area contributed by atoms with E-state index in [-0.39, 0.29) is 21.2 Å². The molecule has 1 aromatic heterocycles. The molecule has 25 heavy (non-hydrogen) atoms. The molecule has 9 heteroatoms. The molecule has 0 N–H and O–H groups in total. The van der Waals surface area contributed by atoms with Crippen LogP contribution < -0.4 is 0 Å². The third kappa shape index (κ3) is 4.90. The maximum atomic E-state index is 12.5. The fourth-order valence-corrected chi connectivity index (χ4v) is 3.47. The van der Waals surface area contributed by atoms with Gasteiger partial charge in [-0.3, -0.25) is 9.59 Å². The van der Waals surface area contributed by atoms with Gasteiger partial charge in [0.2, 0.25) is 5.16 Å². The zero-order chi connectivity index (χ0) is 18.4. The smallest absolute Gasteiger partial charge is 0.209 e. The summed E-state index contributed by atoms with van der Waals surface area (Å²) in [6.07, 6.45) is 1.70. The lowest BCUT2D eigenvalue weighted by atomic mass is 10.0. The number of rotatable bonds is 8. The first-order valence-electron chi connectivity index (χ1n) is 7.50. The molecular weight excluding hydrogens is 383 g/mol. The number of carbonyl (C=O) groups excluding carboxylic acids is 2. The number of ketones is 1. The molecule has 0 aliphatic carbocycles. The standard InChI is InChI=1S/C16H16Cl2N4O2S/c1-3-4-13(17)12(8-23)15(24)11-6-5-10(7-14(11)18)9-25-16-19-20-21-22(16)2/h5-8H,3-4,9H2,1-2H3. The van der Waals surface area contributed by atoms with Gasteiger partial charge >= 0.3 is 0 Å². The van der Waals surface area contributed by atoms with Crippen molar-refractivity contribution in [3.8, 4) is 0 Å². The second kappa shape index (κ2) is 9.12. The highest BCUT2D eigenvalue weighted by Gasteiger charge is 2.18. The summed E-state index contributed by atoms with van der Waals surface area (Å²) >= 11 is 13.7. The van der Waals surface area contributed by atoms with E-state index in [9.17, 15) is 9.59 Å². The molecule has 0 saturated heterocycles. The third-order valence-electron chi connectivity index (χ3n) is 3.35. The van der Waals surface area contributed by atoms with Gasteiger partial charge in [-0.2, -0.15) is 0 Å². The van der Waals surface area contributed by atoms with Crippen molar-refractivity contribution in [3.63, 3.8) is 0 Å². The quantitative estimate of drug-likeness (QED) is 0.168. The Morgan fingerprint density at radius 3 is 2.72 bits per heavy atom. The average Bonchev–Trinajstić information content (AvgIpc) is 2.99. The van der Waals surface area contributed by atoms with Gasteiger partial charge < -0.3 is 0 Å². The molecule has 0 unspecified atom stereocenters. The van der Waals surface area contributed by atoms with Crippen LogP contribution in [0.15, 0.2) is 34.0 Å². The number of aromatic nitrogens is 4. The number of Topliss-reactive ketones (excluding diaryl/α,β-unsaturated/α-hetero) is 1. The zero-order valence-corrected chi connectivity index (χ0v) is 16.0. The third-order valence-corrected chi connectivity index (χ3v) is 5.14. The Kier molecular flexibility index (Phi) is 7.16. The highest BCUT2D eigenvalue weighted by molar-refractivity contribution is 7.98. The van der Waals surface area contributed by atoms with Crippen LogP contribution in [-0.2, 0) is 17.6 Å². The van der Waals surface area contributed by atoms with Crippen LogP contribution in [0.3, 0.4) is 0 Å². The summed E-state index contributed by atoms with van der Waals surface area (Å²) in [4.78, 5) is 23.8. The van der Waals surface area contributed by atoms with E-state index >= 15 is 0 Å². The molecule has 0 spiro atoms. The average molecular weight is 399 g/mol. The molecule has 0 amide bonds. The van der Waals surface area contributed by atoms with E-state index in [2.05, 4.69) is 15.5 Å². The van der Waals surface area contributed by atoms with Crippen molar-refractivity contribution in [2.45, 2.75) is 30.7 Å². The lowest BCUT2D eigenvalue weighted by Gasteiger charge is -2.08. The van der Waals surface area contributed by atoms with Crippen LogP contribution >= 0.6 is 35.0 Å². The summed E-state index contributed by atoms with van der Waals surface area (Å²) in [6.45, 7) is 1.92. The van der Waals surface area contributed by atoms with Gasteiger partial charge in [-0.25, -0.2) is 4.68 Å². The fourth-order valence-electron chi connectivity index (χ4n) is 2.06. The number of halogens is 2. The van der Waals surface area contributed by atoms with Gasteiger partial charge in [0.25, 0.3) is 0 Å². The Balaban J connectivity index is 2.18. The largest absolute Gasteiger partial charge is 0.298 e. The topological polar surface area (TPSA) is 77.7 Å². The number of benzene rings is 1. The lowest BCUT2D eigenvalue weighted by Crippen LogP contribution is -2.07. The Morgan fingerprint density at radius 2 is 2.16 bits per heavy atom. The number of hydrogen-bond acceptors (Lipinski definition) is 6. The van der Waals surface area contributed by atoms with Crippen LogP contribution in [0.2, 0.25) is 5.02 Å². The van der Waals surface area contributed by atoms with Crippen molar-refractivity contribution in [1.29, 1.82) is 0 Å². The van der Waals surface area contributed by atoms with E-state index in [0.29, 0.717) is 23.6 Å². The van der Waals surface area contributed by atoms with Crippen molar-refractivity contribution in [2.75, 3.05) is 0 Å². The van der Waals surface area contributed by atoms with E-state index in [1.165, 1.54) is 11.8 Å². The zero-order valence-electron chi connectivity index (χ0n) is 13.7. The van der Waals surface area contributed by atoms with E-state index in [1.54, 1.807) is 29.9 Å². The van der Waals surface area contributed by atoms with Gasteiger partial charge in [-0.05, 0) is 34.5 Å². The second-order valence-corrected chi connectivity index (χ2v) is 7.01. The summed E-state index contributed by atoms with van der Waals surface area (Å²) < 4.78 is 1.57. The minimum absolute atomic E-state index is 0.0438. The molecule has 132 valence electrons. The van der Waals surface area contributed by atoms with Crippen LogP contribution in [0.25, 0.3) is 0 Å². The Hall–Kier alpha value is -1.70. The molecule has 2 rings (SSSR count). The summed E-state index contributed by atoms with van der Waals surface area (Å²) in [5.74, 6) is 0.130. The van der Waals surface area contributed by atoms with Gasteiger partial charge in [0.05, 0.1) is 10.6 Å². The molecule has 6 nitrogen and oxygen atoms in total. The number of aldehydes is 1. The minimum atomic E-state index is -0.463. The van der Waals surface area contributed by atoms with Gasteiger partial charge in [0.15, 0.2) is 12.1 Å². The van der Waals surface area contributed by atoms with Crippen molar-refractivity contribution in [2.24, 2.45) is 7.05 Å². The van der Waals surface area contributed by atoms with Crippen molar-refractivity contribution in [1.82, 2.24) is 20.2 Å². The van der Waals surface area contributed by atoms with Crippen LogP contribution in [-0.4, -0.2) is 32.3 Å². The summed E-state index contributed by atoms with van der Waals surface area (Å²) in [6, 6.07) is 5.09. The summed E-state index contributed by atoms with van der Waals surface area (Å²) in [5, 5.41) is 12.4. The van der Waals surface area contributed by atoms with Gasteiger partial charge in [-0.15, -0.1) is 5.10 Å². The van der Waals surface area contributed by atoms with Gasteiger partial charge in [0, 0.05) is 23.4 Å². The first-order valence-corrected chi connectivity index (χ1v) is 9.24. The van der Waals surface area contributed by atoms with E-state index < -0.39 is 5.78 Å². The van der Waals surface area contributed by atoms with Crippen molar-refractivity contribution in [3.05, 3.63) is 45.0 Å². The number of carbonyl (C=O) groups is 2. The molecule has 0 fully saturated rings. The fraction of sp³-hybridized carbons (Fsp3) is 0.312. The van der Waals surface area contributed by atoms with E-state index in [4.69, 9.17) is 23.2 Å². The molecule has 2 aromatic rings. The van der Waals surface area contributed by atoms with Gasteiger partial charge in [-0.1, -0.05) is 54.4 Å². The molecule has 0 aliphatic rings. The molecular formula is C16H16Cl2N4O2S. The number of tetrazole rings is 1. The maximum absolute atomic E-state index is 12.5. The molecule has 1 aromatic carbocycles. The highest BCUT2D eigenvalue weighted by atomic mass is 35.5. The van der Waals surface area contributed by atoms with Gasteiger partial charge in [0.1, 0.15) is 0 Å². The first-order chi connectivity index (χ1) is 12.0. The van der Waals surface area contributed by atoms with Crippen LogP contribution in [0, 0.1) is 0 Å². The predicted molar refractivity (Wildman–Crippen MR) is 98.0 cm³/mol. The van der Waals surface area contributed by atoms with Crippen LogP contribution in [0.5, 0.6) is 0 Å². The van der Waals surface area contributed by atoms with E-state index in [1.807, 2.05) is 6.92 Å². The van der Waals surface area contributed by atoms with Crippen molar-refractivity contribution < 1.29 is 9.59 Å². The van der Waals surface area contributed by atoms with Crippen LogP contribution in [0.1, 0.15) is 35.7 Å². The summed E-state index contributed by atoms with van der Waals surface area (Å²) in [5.41, 5.74) is 1.12. The monoisotopic (exact) mass is 398 g/mol.